The van der Waals surface area contributed by atoms with E-state index in [1.807, 2.05) is 18.2 Å². The first-order valence-electron chi connectivity index (χ1n) is 10.0. The highest BCUT2D eigenvalue weighted by Crippen LogP contribution is 2.47. The molecule has 1 saturated carbocycles. The van der Waals surface area contributed by atoms with Crippen molar-refractivity contribution in [2.45, 2.75) is 56.3 Å². The Balaban J connectivity index is 1.52. The van der Waals surface area contributed by atoms with E-state index in [1.165, 1.54) is 0 Å². The van der Waals surface area contributed by atoms with Crippen LogP contribution in [0.2, 0.25) is 0 Å². The number of aliphatic hydroxyl groups excluding tert-OH is 1. The minimum absolute atomic E-state index is 0.000733. The number of hydrogen-bond acceptors (Lipinski definition) is 5. The zero-order valence-corrected chi connectivity index (χ0v) is 16.4. The minimum Gasteiger partial charge on any atom is -0.487 e. The molecule has 0 bridgehead atoms. The maximum atomic E-state index is 12.3. The molecular formula is C21H28N2O5. The van der Waals surface area contributed by atoms with Gasteiger partial charge in [0.15, 0.2) is 0 Å². The highest BCUT2D eigenvalue weighted by atomic mass is 16.6. The number of nitrogens with zero attached hydrogens (tertiary/aromatic N) is 1. The van der Waals surface area contributed by atoms with Gasteiger partial charge in [-0.3, -0.25) is 9.59 Å². The van der Waals surface area contributed by atoms with E-state index in [2.05, 4.69) is 5.32 Å². The van der Waals surface area contributed by atoms with E-state index < -0.39 is 6.10 Å². The Morgan fingerprint density at radius 2 is 2.07 bits per heavy atom. The van der Waals surface area contributed by atoms with E-state index in [0.717, 1.165) is 36.3 Å². The first kappa shape index (κ1) is 19.2. The van der Waals surface area contributed by atoms with E-state index in [4.69, 9.17) is 9.47 Å². The minimum atomic E-state index is -0.473. The Labute approximate surface area is 165 Å². The van der Waals surface area contributed by atoms with Crippen LogP contribution in [-0.4, -0.2) is 60.8 Å². The molecule has 28 heavy (non-hydrogen) atoms. The van der Waals surface area contributed by atoms with Crippen molar-refractivity contribution in [3.05, 3.63) is 23.8 Å². The number of ether oxygens (including phenoxy) is 2. The molecule has 2 N–H and O–H groups in total. The molecule has 1 aromatic rings. The quantitative estimate of drug-likeness (QED) is 0.804. The van der Waals surface area contributed by atoms with Crippen molar-refractivity contribution in [3.63, 3.8) is 0 Å². The summed E-state index contributed by atoms with van der Waals surface area (Å²) in [5.41, 5.74) is 1.79. The largest absolute Gasteiger partial charge is 0.487 e. The van der Waals surface area contributed by atoms with Crippen LogP contribution in [0.25, 0.3) is 0 Å². The van der Waals surface area contributed by atoms with E-state index in [-0.39, 0.29) is 48.9 Å². The fourth-order valence-electron chi connectivity index (χ4n) is 4.26. The summed E-state index contributed by atoms with van der Waals surface area (Å²) in [6, 6.07) is 5.70. The van der Waals surface area contributed by atoms with Gasteiger partial charge in [0.25, 0.3) is 0 Å². The zero-order chi connectivity index (χ0) is 19.8. The predicted molar refractivity (Wildman–Crippen MR) is 103 cm³/mol. The van der Waals surface area contributed by atoms with Gasteiger partial charge in [0.1, 0.15) is 18.0 Å². The van der Waals surface area contributed by atoms with Gasteiger partial charge in [0.05, 0.1) is 19.1 Å². The Bertz CT molecular complexity index is 761. The lowest BCUT2D eigenvalue weighted by atomic mass is 9.83. The Kier molecular flexibility index (Phi) is 5.29. The fourth-order valence-corrected chi connectivity index (χ4v) is 4.26. The molecule has 1 aromatic carbocycles. The maximum absolute atomic E-state index is 12.3. The predicted octanol–water partition coefficient (Wildman–Crippen LogP) is 1.90. The third-order valence-corrected chi connectivity index (χ3v) is 6.14. The summed E-state index contributed by atoms with van der Waals surface area (Å²) in [5, 5.41) is 12.8. The summed E-state index contributed by atoms with van der Waals surface area (Å²) >= 11 is 0. The number of carbonyl (C=O) groups is 2. The molecular weight excluding hydrogens is 360 g/mol. The van der Waals surface area contributed by atoms with Crippen molar-refractivity contribution in [1.29, 1.82) is 0 Å². The van der Waals surface area contributed by atoms with Crippen LogP contribution in [0, 0.1) is 5.92 Å². The molecule has 0 aromatic heterocycles. The number of hydrogen-bond donors (Lipinski definition) is 2. The number of amides is 2. The number of rotatable bonds is 5. The van der Waals surface area contributed by atoms with Crippen LogP contribution >= 0.6 is 0 Å². The Morgan fingerprint density at radius 1 is 1.29 bits per heavy atom. The van der Waals surface area contributed by atoms with E-state index in [1.54, 1.807) is 19.0 Å². The molecule has 3 aliphatic rings. The second kappa shape index (κ2) is 7.72. The molecule has 0 unspecified atom stereocenters. The molecule has 1 saturated heterocycles. The van der Waals surface area contributed by atoms with Gasteiger partial charge >= 0.3 is 0 Å². The van der Waals surface area contributed by atoms with E-state index in [0.29, 0.717) is 6.42 Å². The highest BCUT2D eigenvalue weighted by molar-refractivity contribution is 5.93. The van der Waals surface area contributed by atoms with Gasteiger partial charge in [-0.2, -0.15) is 0 Å². The molecule has 2 amide bonds. The van der Waals surface area contributed by atoms with Gasteiger partial charge in [0.2, 0.25) is 11.8 Å². The molecule has 2 aliphatic heterocycles. The first-order chi connectivity index (χ1) is 13.5. The number of aliphatic hydroxyl groups is 1. The summed E-state index contributed by atoms with van der Waals surface area (Å²) in [7, 11) is 3.45. The molecule has 7 nitrogen and oxygen atoms in total. The number of carbonyl (C=O) groups excluding carboxylic acids is 2. The first-order valence-corrected chi connectivity index (χ1v) is 10.0. The normalized spacial score (nSPS) is 28.5. The van der Waals surface area contributed by atoms with E-state index in [9.17, 15) is 14.7 Å². The SMILES string of the molecule is CN(C)C(=O)C[C@@H]1C[C@@H]2c3cc(NC(=O)C4CCC4)ccc3O[C@@H]2[C@H](CO)O1. The van der Waals surface area contributed by atoms with Crippen LogP contribution < -0.4 is 10.1 Å². The summed E-state index contributed by atoms with van der Waals surface area (Å²) in [5.74, 6) is 0.998. The molecule has 0 spiro atoms. The molecule has 7 heteroatoms. The molecule has 0 radical (unpaired) electrons. The second-order valence-corrected chi connectivity index (χ2v) is 8.27. The fraction of sp³-hybridized carbons (Fsp3) is 0.619. The van der Waals surface area contributed by atoms with Gasteiger partial charge in [-0.1, -0.05) is 6.42 Å². The van der Waals surface area contributed by atoms with Gasteiger partial charge in [-0.15, -0.1) is 0 Å². The van der Waals surface area contributed by atoms with Gasteiger partial charge < -0.3 is 24.8 Å². The number of benzene rings is 1. The average Bonchev–Trinajstić information content (AvgIpc) is 2.97. The van der Waals surface area contributed by atoms with Crippen molar-refractivity contribution in [2.75, 3.05) is 26.0 Å². The molecule has 4 atom stereocenters. The Morgan fingerprint density at radius 3 is 2.71 bits per heavy atom. The number of fused-ring (bicyclic) bond motifs is 3. The maximum Gasteiger partial charge on any atom is 0.227 e. The van der Waals surface area contributed by atoms with Crippen molar-refractivity contribution < 1.29 is 24.2 Å². The summed E-state index contributed by atoms with van der Waals surface area (Å²) in [4.78, 5) is 25.9. The lowest BCUT2D eigenvalue weighted by Gasteiger charge is -2.37. The summed E-state index contributed by atoms with van der Waals surface area (Å²) in [6.45, 7) is -0.160. The van der Waals surface area contributed by atoms with Crippen LogP contribution in [0.3, 0.4) is 0 Å². The summed E-state index contributed by atoms with van der Waals surface area (Å²) in [6.07, 6.45) is 2.95. The van der Waals surface area contributed by atoms with Crippen LogP contribution in [0.4, 0.5) is 5.69 Å². The van der Waals surface area contributed by atoms with Gasteiger partial charge in [0, 0.05) is 37.2 Å². The van der Waals surface area contributed by atoms with E-state index >= 15 is 0 Å². The van der Waals surface area contributed by atoms with Gasteiger partial charge in [-0.25, -0.2) is 0 Å². The Hall–Kier alpha value is -2.12. The molecule has 2 heterocycles. The van der Waals surface area contributed by atoms with Gasteiger partial charge in [-0.05, 0) is 37.5 Å². The van der Waals surface area contributed by atoms with Crippen molar-refractivity contribution in [1.82, 2.24) is 4.90 Å². The molecule has 152 valence electrons. The van der Waals surface area contributed by atoms with Crippen molar-refractivity contribution in [2.24, 2.45) is 5.92 Å². The average molecular weight is 388 g/mol. The smallest absolute Gasteiger partial charge is 0.227 e. The number of nitrogens with one attached hydrogen (secondary N) is 1. The lowest BCUT2D eigenvalue weighted by molar-refractivity contribution is -0.147. The molecule has 1 aliphatic carbocycles. The lowest BCUT2D eigenvalue weighted by Crippen LogP contribution is -2.47. The molecule has 4 rings (SSSR count). The van der Waals surface area contributed by atoms with Crippen molar-refractivity contribution in [3.8, 4) is 5.75 Å². The van der Waals surface area contributed by atoms with Crippen LogP contribution in [-0.2, 0) is 14.3 Å². The number of anilines is 1. The van der Waals surface area contributed by atoms with Crippen LogP contribution in [0.15, 0.2) is 18.2 Å². The molecule has 2 fully saturated rings. The van der Waals surface area contributed by atoms with Crippen molar-refractivity contribution >= 4 is 17.5 Å². The third kappa shape index (κ3) is 3.61. The topological polar surface area (TPSA) is 88.1 Å². The van der Waals surface area contributed by atoms with Crippen LogP contribution in [0.1, 0.15) is 43.6 Å². The monoisotopic (exact) mass is 388 g/mol. The third-order valence-electron chi connectivity index (χ3n) is 6.14. The highest BCUT2D eigenvalue weighted by Gasteiger charge is 2.46. The standard InChI is InChI=1S/C21H28N2O5/c1-23(2)19(25)10-14-9-16-15-8-13(22-21(26)12-4-3-5-12)6-7-17(15)28-20(16)18(11-24)27-14/h6-8,12,14,16,18,20,24H,3-5,9-11H2,1-2H3,(H,22,26)/t14-,16+,18-,20-/m0/s1. The van der Waals surface area contributed by atoms with Crippen LogP contribution in [0.5, 0.6) is 5.75 Å². The second-order valence-electron chi connectivity index (χ2n) is 8.27. The summed E-state index contributed by atoms with van der Waals surface area (Å²) < 4.78 is 12.0. The zero-order valence-electron chi connectivity index (χ0n) is 16.4.